The Kier molecular flexibility index (Phi) is 6.22. The maximum Gasteiger partial charge on any atom is 0.166 e. The van der Waals surface area contributed by atoms with Crippen molar-refractivity contribution in [3.05, 3.63) is 16.6 Å². The van der Waals surface area contributed by atoms with E-state index in [1.165, 1.54) is 4.88 Å². The van der Waals surface area contributed by atoms with Gasteiger partial charge in [0.15, 0.2) is 5.11 Å². The SMILES string of the molecule is COCCCNC(=S)NCc1cncs1. The average Bonchev–Trinajstić information content (AvgIpc) is 2.74. The summed E-state index contributed by atoms with van der Waals surface area (Å²) < 4.78 is 4.93. The van der Waals surface area contributed by atoms with Gasteiger partial charge in [-0.3, -0.25) is 4.98 Å². The Hall–Kier alpha value is -0.720. The van der Waals surface area contributed by atoms with Gasteiger partial charge in [0.25, 0.3) is 0 Å². The molecule has 0 atom stereocenters. The van der Waals surface area contributed by atoms with Crippen LogP contribution in [0.5, 0.6) is 0 Å². The van der Waals surface area contributed by atoms with E-state index in [9.17, 15) is 0 Å². The normalized spacial score (nSPS) is 9.93. The molecule has 15 heavy (non-hydrogen) atoms. The van der Waals surface area contributed by atoms with E-state index in [0.29, 0.717) is 5.11 Å². The van der Waals surface area contributed by atoms with E-state index in [2.05, 4.69) is 15.6 Å². The van der Waals surface area contributed by atoms with Gasteiger partial charge < -0.3 is 15.4 Å². The number of nitrogens with one attached hydrogen (secondary N) is 2. The van der Waals surface area contributed by atoms with E-state index in [-0.39, 0.29) is 0 Å². The van der Waals surface area contributed by atoms with E-state index in [0.717, 1.165) is 26.1 Å². The van der Waals surface area contributed by atoms with Gasteiger partial charge in [0.2, 0.25) is 0 Å². The summed E-state index contributed by atoms with van der Waals surface area (Å²) >= 11 is 6.71. The first kappa shape index (κ1) is 12.4. The fourth-order valence-corrected chi connectivity index (χ4v) is 1.69. The van der Waals surface area contributed by atoms with E-state index < -0.39 is 0 Å². The van der Waals surface area contributed by atoms with Crippen LogP contribution in [0.15, 0.2) is 11.7 Å². The summed E-state index contributed by atoms with van der Waals surface area (Å²) in [6.45, 7) is 2.33. The van der Waals surface area contributed by atoms with Crippen LogP contribution in [0.1, 0.15) is 11.3 Å². The third-order valence-corrected chi connectivity index (χ3v) is 2.79. The molecule has 0 aliphatic carbocycles. The van der Waals surface area contributed by atoms with Crippen LogP contribution in [0, 0.1) is 0 Å². The average molecular weight is 245 g/mol. The zero-order valence-electron chi connectivity index (χ0n) is 8.66. The molecule has 0 amide bonds. The first-order valence-electron chi connectivity index (χ1n) is 4.71. The molecule has 6 heteroatoms. The molecular weight excluding hydrogens is 230 g/mol. The molecule has 0 saturated heterocycles. The Morgan fingerprint density at radius 1 is 1.60 bits per heavy atom. The monoisotopic (exact) mass is 245 g/mol. The largest absolute Gasteiger partial charge is 0.385 e. The standard InChI is InChI=1S/C9H15N3OS2/c1-13-4-2-3-11-9(14)12-6-8-5-10-7-15-8/h5,7H,2-4,6H2,1H3,(H2,11,12,14). The maximum absolute atomic E-state index is 5.10. The summed E-state index contributed by atoms with van der Waals surface area (Å²) in [6, 6.07) is 0. The van der Waals surface area contributed by atoms with Gasteiger partial charge in [-0.05, 0) is 18.6 Å². The number of hydrogen-bond acceptors (Lipinski definition) is 4. The number of thiazole rings is 1. The second kappa shape index (κ2) is 7.56. The molecule has 84 valence electrons. The molecule has 1 aromatic rings. The van der Waals surface area contributed by atoms with Crippen LogP contribution in [0.3, 0.4) is 0 Å². The lowest BCUT2D eigenvalue weighted by Gasteiger charge is -2.08. The highest BCUT2D eigenvalue weighted by Gasteiger charge is 1.96. The summed E-state index contributed by atoms with van der Waals surface area (Å²) in [5.74, 6) is 0. The minimum absolute atomic E-state index is 0.680. The number of aromatic nitrogens is 1. The molecule has 0 spiro atoms. The Morgan fingerprint density at radius 2 is 2.47 bits per heavy atom. The van der Waals surface area contributed by atoms with Crippen molar-refractivity contribution >= 4 is 28.7 Å². The van der Waals surface area contributed by atoms with Gasteiger partial charge >= 0.3 is 0 Å². The molecule has 0 aromatic carbocycles. The molecule has 0 saturated carbocycles. The molecule has 0 bridgehead atoms. The van der Waals surface area contributed by atoms with Crippen LogP contribution in [-0.2, 0) is 11.3 Å². The summed E-state index contributed by atoms with van der Waals surface area (Å²) in [6.07, 6.45) is 2.80. The van der Waals surface area contributed by atoms with Gasteiger partial charge in [-0.2, -0.15) is 0 Å². The minimum atomic E-state index is 0.680. The Balaban J connectivity index is 2.04. The third-order valence-electron chi connectivity index (χ3n) is 1.72. The van der Waals surface area contributed by atoms with Crippen molar-refractivity contribution in [1.82, 2.24) is 15.6 Å². The molecule has 0 fully saturated rings. The molecule has 0 radical (unpaired) electrons. The summed E-state index contributed by atoms with van der Waals surface area (Å²) in [5.41, 5.74) is 1.81. The zero-order chi connectivity index (χ0) is 10.9. The quantitative estimate of drug-likeness (QED) is 0.581. The highest BCUT2D eigenvalue weighted by molar-refractivity contribution is 7.80. The number of thiocarbonyl (C=S) groups is 1. The lowest BCUT2D eigenvalue weighted by atomic mass is 10.4. The fraction of sp³-hybridized carbons (Fsp3) is 0.556. The van der Waals surface area contributed by atoms with Crippen LogP contribution >= 0.6 is 23.6 Å². The van der Waals surface area contributed by atoms with Crippen LogP contribution in [0.2, 0.25) is 0 Å². The van der Waals surface area contributed by atoms with Gasteiger partial charge in [0.1, 0.15) is 0 Å². The highest BCUT2D eigenvalue weighted by Crippen LogP contribution is 2.03. The minimum Gasteiger partial charge on any atom is -0.385 e. The summed E-state index contributed by atoms with van der Waals surface area (Å²) in [4.78, 5) is 5.16. The molecule has 0 unspecified atom stereocenters. The van der Waals surface area contributed by atoms with Crippen molar-refractivity contribution in [2.45, 2.75) is 13.0 Å². The van der Waals surface area contributed by atoms with Crippen molar-refractivity contribution in [2.75, 3.05) is 20.3 Å². The predicted molar refractivity (Wildman–Crippen MR) is 66.0 cm³/mol. The van der Waals surface area contributed by atoms with E-state index >= 15 is 0 Å². The van der Waals surface area contributed by atoms with Gasteiger partial charge in [0, 0.05) is 31.3 Å². The van der Waals surface area contributed by atoms with E-state index in [1.807, 2.05) is 11.7 Å². The van der Waals surface area contributed by atoms with Crippen molar-refractivity contribution in [3.8, 4) is 0 Å². The lowest BCUT2D eigenvalue weighted by Crippen LogP contribution is -2.35. The first-order chi connectivity index (χ1) is 7.33. The molecule has 1 rings (SSSR count). The van der Waals surface area contributed by atoms with Gasteiger partial charge in [-0.25, -0.2) is 0 Å². The maximum atomic E-state index is 5.10. The van der Waals surface area contributed by atoms with Gasteiger partial charge in [-0.1, -0.05) is 0 Å². The summed E-state index contributed by atoms with van der Waals surface area (Å²) in [7, 11) is 1.69. The number of rotatable bonds is 6. The molecule has 1 aromatic heterocycles. The molecule has 0 aliphatic heterocycles. The van der Waals surface area contributed by atoms with Crippen molar-refractivity contribution in [2.24, 2.45) is 0 Å². The number of ether oxygens (including phenoxy) is 1. The highest BCUT2D eigenvalue weighted by atomic mass is 32.1. The van der Waals surface area contributed by atoms with Crippen LogP contribution in [0.25, 0.3) is 0 Å². The van der Waals surface area contributed by atoms with Crippen molar-refractivity contribution < 1.29 is 4.74 Å². The van der Waals surface area contributed by atoms with Crippen LogP contribution in [-0.4, -0.2) is 30.4 Å². The zero-order valence-corrected chi connectivity index (χ0v) is 10.3. The second-order valence-electron chi connectivity index (χ2n) is 2.92. The van der Waals surface area contributed by atoms with Crippen molar-refractivity contribution in [3.63, 3.8) is 0 Å². The molecule has 2 N–H and O–H groups in total. The first-order valence-corrected chi connectivity index (χ1v) is 5.99. The number of hydrogen-bond donors (Lipinski definition) is 2. The van der Waals surface area contributed by atoms with E-state index in [1.54, 1.807) is 18.4 Å². The Labute approximate surface area is 99.1 Å². The lowest BCUT2D eigenvalue weighted by molar-refractivity contribution is 0.195. The molecule has 1 heterocycles. The fourth-order valence-electron chi connectivity index (χ4n) is 0.978. The topological polar surface area (TPSA) is 46.2 Å². The molecule has 4 nitrogen and oxygen atoms in total. The summed E-state index contributed by atoms with van der Waals surface area (Å²) in [5, 5.41) is 6.90. The van der Waals surface area contributed by atoms with Crippen LogP contribution < -0.4 is 10.6 Å². The van der Waals surface area contributed by atoms with E-state index in [4.69, 9.17) is 17.0 Å². The van der Waals surface area contributed by atoms with Crippen LogP contribution in [0.4, 0.5) is 0 Å². The second-order valence-corrected chi connectivity index (χ2v) is 4.30. The molecule has 0 aliphatic rings. The Bertz CT molecular complexity index is 277. The Morgan fingerprint density at radius 3 is 3.13 bits per heavy atom. The third kappa shape index (κ3) is 5.66. The number of nitrogens with zero attached hydrogens (tertiary/aromatic N) is 1. The van der Waals surface area contributed by atoms with Gasteiger partial charge in [-0.15, -0.1) is 11.3 Å². The molecular formula is C9H15N3OS2. The smallest absolute Gasteiger partial charge is 0.166 e. The number of methoxy groups -OCH3 is 1. The van der Waals surface area contributed by atoms with Gasteiger partial charge in [0.05, 0.1) is 12.1 Å². The van der Waals surface area contributed by atoms with Crippen molar-refractivity contribution in [1.29, 1.82) is 0 Å². The predicted octanol–water partition coefficient (Wildman–Crippen LogP) is 1.14.